The first-order valence-corrected chi connectivity index (χ1v) is 11.6. The molecule has 4 rings (SSSR count). The van der Waals surface area contributed by atoms with Crippen LogP contribution in [0.2, 0.25) is 0 Å². The Labute approximate surface area is 174 Å². The molecule has 2 aromatic rings. The third-order valence-electron chi connectivity index (χ3n) is 6.10. The van der Waals surface area contributed by atoms with E-state index in [1.165, 1.54) is 59.5 Å². The minimum Gasteiger partial charge on any atom is -0.343 e. The maximum atomic E-state index is 2.44. The summed E-state index contributed by atoms with van der Waals surface area (Å²) in [5.74, 6) is 0.716. The monoisotopic (exact) mass is 389 g/mol. The van der Waals surface area contributed by atoms with E-state index in [9.17, 15) is 0 Å². The van der Waals surface area contributed by atoms with E-state index in [1.54, 1.807) is 0 Å². The van der Waals surface area contributed by atoms with E-state index in [2.05, 4.69) is 85.6 Å². The van der Waals surface area contributed by atoms with Crippen molar-refractivity contribution in [1.29, 1.82) is 0 Å². The summed E-state index contributed by atoms with van der Waals surface area (Å²) in [6.07, 6.45) is 16.7. The smallest absolute Gasteiger partial charge is 0.0549 e. The molecular weight excluding hydrogens is 358 g/mol. The highest BCUT2D eigenvalue weighted by Gasteiger charge is 2.26. The van der Waals surface area contributed by atoms with Crippen molar-refractivity contribution in [2.24, 2.45) is 0 Å². The number of rotatable bonds is 5. The lowest BCUT2D eigenvalue weighted by Crippen LogP contribution is -2.15. The molecule has 1 heterocycles. The van der Waals surface area contributed by atoms with Gasteiger partial charge in [0.2, 0.25) is 0 Å². The van der Waals surface area contributed by atoms with Gasteiger partial charge in [0, 0.05) is 22.9 Å². The van der Waals surface area contributed by atoms with Gasteiger partial charge in [-0.25, -0.2) is 0 Å². The normalized spacial score (nSPS) is 20.1. The molecule has 0 N–H and O–H groups in total. The van der Waals surface area contributed by atoms with Crippen LogP contribution in [0.4, 0.5) is 11.4 Å². The highest BCUT2D eigenvalue weighted by atomic mass is 32.2. The number of hydrogen-bond donors (Lipinski definition) is 0. The van der Waals surface area contributed by atoms with Crippen LogP contribution in [-0.4, -0.2) is 12.3 Å². The molecule has 0 amide bonds. The number of fused-ring (bicyclic) bond motifs is 1. The molecule has 0 bridgehead atoms. The van der Waals surface area contributed by atoms with Crippen molar-refractivity contribution in [1.82, 2.24) is 0 Å². The van der Waals surface area contributed by atoms with E-state index >= 15 is 0 Å². The van der Waals surface area contributed by atoms with Crippen molar-refractivity contribution in [3.8, 4) is 0 Å². The summed E-state index contributed by atoms with van der Waals surface area (Å²) in [4.78, 5) is 3.90. The Morgan fingerprint density at radius 2 is 1.71 bits per heavy atom. The van der Waals surface area contributed by atoms with E-state index in [1.807, 2.05) is 11.8 Å². The molecule has 2 heteroatoms. The molecule has 2 aliphatic rings. The van der Waals surface area contributed by atoms with Crippen molar-refractivity contribution in [3.05, 3.63) is 77.9 Å². The molecule has 0 aromatic heterocycles. The highest BCUT2D eigenvalue weighted by molar-refractivity contribution is 8.00. The first kappa shape index (κ1) is 19.4. The van der Waals surface area contributed by atoms with E-state index in [0.29, 0.717) is 11.2 Å². The van der Waals surface area contributed by atoms with Crippen molar-refractivity contribution >= 4 is 23.1 Å². The van der Waals surface area contributed by atoms with Gasteiger partial charge in [-0.05, 0) is 55.4 Å². The van der Waals surface area contributed by atoms with Crippen LogP contribution in [0, 0.1) is 0 Å². The molecule has 0 radical (unpaired) electrons. The van der Waals surface area contributed by atoms with Gasteiger partial charge in [0.1, 0.15) is 0 Å². The molecule has 146 valence electrons. The van der Waals surface area contributed by atoms with Gasteiger partial charge in [0.15, 0.2) is 0 Å². The van der Waals surface area contributed by atoms with Crippen LogP contribution in [0.3, 0.4) is 0 Å². The number of anilines is 2. The number of allylic oxidation sites excluding steroid dienone is 3. The lowest BCUT2D eigenvalue weighted by molar-refractivity contribution is 0.444. The second kappa shape index (κ2) is 9.05. The summed E-state index contributed by atoms with van der Waals surface area (Å²) < 4.78 is 0. The zero-order chi connectivity index (χ0) is 19.3. The molecule has 2 aromatic carbocycles. The quantitative estimate of drug-likeness (QED) is 0.483. The van der Waals surface area contributed by atoms with Crippen LogP contribution in [0.25, 0.3) is 0 Å². The Kier molecular flexibility index (Phi) is 6.26. The standard InChI is InChI=1S/C26H31NS/c1-3-4-6-15-22-19-21-14-11-18-25(26(21)28-22)27(2)24-17-10-9-16-23(24)20-12-7-5-8-13-20/h3-4,6,9-11,14-18,20,22H,5,7-8,12-13,19H2,1-2H3/b4-3-,15-6-. The van der Waals surface area contributed by atoms with Gasteiger partial charge in [0.05, 0.1) is 5.69 Å². The fourth-order valence-corrected chi connectivity index (χ4v) is 5.99. The second-order valence-corrected chi connectivity index (χ2v) is 9.24. The fraction of sp³-hybridized carbons (Fsp3) is 0.385. The zero-order valence-corrected chi connectivity index (χ0v) is 17.9. The number of para-hydroxylation sites is 1. The second-order valence-electron chi connectivity index (χ2n) is 7.99. The fourth-order valence-electron chi connectivity index (χ4n) is 4.63. The lowest BCUT2D eigenvalue weighted by Gasteiger charge is -2.29. The Bertz CT molecular complexity index is 860. The summed E-state index contributed by atoms with van der Waals surface area (Å²) in [5, 5.41) is 0.536. The van der Waals surface area contributed by atoms with Crippen molar-refractivity contribution < 1.29 is 0 Å². The SMILES string of the molecule is C/C=C\C=C/C1Cc2cccc(N(C)c3ccccc3C3CCCCC3)c2S1. The number of benzene rings is 2. The van der Waals surface area contributed by atoms with Gasteiger partial charge in [-0.15, -0.1) is 11.8 Å². The molecule has 1 aliphatic heterocycles. The highest BCUT2D eigenvalue weighted by Crippen LogP contribution is 2.46. The first-order chi connectivity index (χ1) is 13.8. The minimum atomic E-state index is 0.536. The summed E-state index contributed by atoms with van der Waals surface area (Å²) in [6.45, 7) is 2.07. The van der Waals surface area contributed by atoms with Gasteiger partial charge in [0.25, 0.3) is 0 Å². The molecule has 1 fully saturated rings. The summed E-state index contributed by atoms with van der Waals surface area (Å²) >= 11 is 2.02. The Morgan fingerprint density at radius 1 is 0.929 bits per heavy atom. The molecule has 1 saturated carbocycles. The Balaban J connectivity index is 1.63. The maximum absolute atomic E-state index is 2.44. The Hall–Kier alpha value is -1.93. The zero-order valence-electron chi connectivity index (χ0n) is 17.1. The molecule has 1 aliphatic carbocycles. The molecular formula is C26H31NS. The number of nitrogens with zero attached hydrogens (tertiary/aromatic N) is 1. The van der Waals surface area contributed by atoms with Crippen LogP contribution in [0.1, 0.15) is 56.1 Å². The summed E-state index contributed by atoms with van der Waals surface area (Å²) in [7, 11) is 2.25. The third kappa shape index (κ3) is 4.07. The number of thioether (sulfide) groups is 1. The summed E-state index contributed by atoms with van der Waals surface area (Å²) in [5.41, 5.74) is 5.76. The van der Waals surface area contributed by atoms with Gasteiger partial charge in [-0.1, -0.05) is 73.9 Å². The molecule has 28 heavy (non-hydrogen) atoms. The van der Waals surface area contributed by atoms with Crippen LogP contribution in [0.15, 0.2) is 71.7 Å². The van der Waals surface area contributed by atoms with Crippen LogP contribution < -0.4 is 4.90 Å². The first-order valence-electron chi connectivity index (χ1n) is 10.7. The van der Waals surface area contributed by atoms with Gasteiger partial charge in [-0.3, -0.25) is 0 Å². The lowest BCUT2D eigenvalue weighted by atomic mass is 9.83. The van der Waals surface area contributed by atoms with Gasteiger partial charge < -0.3 is 4.90 Å². The third-order valence-corrected chi connectivity index (χ3v) is 7.43. The average Bonchev–Trinajstić information content (AvgIpc) is 3.17. The van der Waals surface area contributed by atoms with E-state index in [-0.39, 0.29) is 0 Å². The summed E-state index contributed by atoms with van der Waals surface area (Å²) in [6, 6.07) is 15.9. The molecule has 0 spiro atoms. The van der Waals surface area contributed by atoms with Crippen LogP contribution >= 0.6 is 11.8 Å². The minimum absolute atomic E-state index is 0.536. The van der Waals surface area contributed by atoms with E-state index in [4.69, 9.17) is 0 Å². The largest absolute Gasteiger partial charge is 0.343 e. The molecule has 0 saturated heterocycles. The number of hydrogen-bond acceptors (Lipinski definition) is 2. The predicted molar refractivity (Wildman–Crippen MR) is 124 cm³/mol. The van der Waals surface area contributed by atoms with E-state index in [0.717, 1.165) is 6.42 Å². The van der Waals surface area contributed by atoms with Gasteiger partial charge >= 0.3 is 0 Å². The van der Waals surface area contributed by atoms with Crippen molar-refractivity contribution in [3.63, 3.8) is 0 Å². The maximum Gasteiger partial charge on any atom is 0.0549 e. The molecule has 1 unspecified atom stereocenters. The molecule has 1 atom stereocenters. The van der Waals surface area contributed by atoms with Crippen molar-refractivity contribution in [2.45, 2.75) is 61.5 Å². The van der Waals surface area contributed by atoms with Crippen LogP contribution in [-0.2, 0) is 6.42 Å². The predicted octanol–water partition coefficient (Wildman–Crippen LogP) is 7.65. The van der Waals surface area contributed by atoms with E-state index < -0.39 is 0 Å². The Morgan fingerprint density at radius 3 is 2.54 bits per heavy atom. The van der Waals surface area contributed by atoms with Gasteiger partial charge in [-0.2, -0.15) is 0 Å². The van der Waals surface area contributed by atoms with Crippen LogP contribution in [0.5, 0.6) is 0 Å². The molecule has 1 nitrogen and oxygen atoms in total. The topological polar surface area (TPSA) is 3.24 Å². The average molecular weight is 390 g/mol. The van der Waals surface area contributed by atoms with Crippen molar-refractivity contribution in [2.75, 3.05) is 11.9 Å².